The van der Waals surface area contributed by atoms with Crippen LogP contribution in [-0.2, 0) is 14.3 Å². The van der Waals surface area contributed by atoms with Crippen molar-refractivity contribution in [1.29, 1.82) is 0 Å². The minimum Gasteiger partial charge on any atom is -0.466 e. The summed E-state index contributed by atoms with van der Waals surface area (Å²) in [5, 5.41) is 5.95. The zero-order chi connectivity index (χ0) is 33.7. The fourth-order valence-corrected chi connectivity index (χ4v) is 6.31. The molecule has 0 fully saturated rings. The number of carbonyl (C=O) groups excluding carboxylic acids is 2. The predicted octanol–water partition coefficient (Wildman–Crippen LogP) is 8.41. The average Bonchev–Trinajstić information content (AvgIpc) is 3.06. The lowest BCUT2D eigenvalue weighted by molar-refractivity contribution is -0.144. The van der Waals surface area contributed by atoms with E-state index in [2.05, 4.69) is 29.4 Å². The predicted molar refractivity (Wildman–Crippen MR) is 194 cm³/mol. The Labute approximate surface area is 280 Å². The summed E-state index contributed by atoms with van der Waals surface area (Å²) in [6, 6.07) is 0. The van der Waals surface area contributed by atoms with E-state index < -0.39 is 10.9 Å². The third-order valence-corrected chi connectivity index (χ3v) is 9.22. The summed E-state index contributed by atoms with van der Waals surface area (Å²) in [4.78, 5) is 48.7. The van der Waals surface area contributed by atoms with Crippen molar-refractivity contribution in [1.82, 2.24) is 4.90 Å². The van der Waals surface area contributed by atoms with Crippen molar-refractivity contribution >= 4 is 23.6 Å². The molecular weight excluding hydrogens is 578 g/mol. The van der Waals surface area contributed by atoms with E-state index >= 15 is 0 Å². The molecule has 8 nitrogen and oxygen atoms in total. The number of nitrogens with one attached hydrogen (secondary N) is 2. The molecule has 1 aromatic carbocycles. The number of carbonyl (C=O) groups is 2. The van der Waals surface area contributed by atoms with Gasteiger partial charge in [0.2, 0.25) is 0 Å². The second-order valence-electron chi connectivity index (χ2n) is 13.2. The largest absolute Gasteiger partial charge is 0.466 e. The summed E-state index contributed by atoms with van der Waals surface area (Å²) in [6.45, 7) is 8.82. The summed E-state index contributed by atoms with van der Waals surface area (Å²) in [5.41, 5.74) is -0.0541. The van der Waals surface area contributed by atoms with E-state index in [1.54, 1.807) is 7.05 Å². The Hall–Kier alpha value is -2.22. The van der Waals surface area contributed by atoms with Crippen LogP contribution < -0.4 is 21.5 Å². The van der Waals surface area contributed by atoms with Crippen LogP contribution >= 0.6 is 0 Å². The van der Waals surface area contributed by atoms with Crippen molar-refractivity contribution < 1.29 is 14.3 Å². The highest BCUT2D eigenvalue weighted by Crippen LogP contribution is 2.22. The molecule has 0 aliphatic heterocycles. The van der Waals surface area contributed by atoms with Gasteiger partial charge in [0.05, 0.1) is 6.61 Å². The van der Waals surface area contributed by atoms with Gasteiger partial charge in [0.15, 0.2) is 0 Å². The first kappa shape index (κ1) is 41.8. The summed E-state index contributed by atoms with van der Waals surface area (Å²) in [5.74, 6) is 0.753. The van der Waals surface area contributed by atoms with Crippen LogP contribution in [0.5, 0.6) is 0 Å². The number of nitrogens with zero attached hydrogens (tertiary/aromatic N) is 1. The molecule has 0 bridgehead atoms. The summed E-state index contributed by atoms with van der Waals surface area (Å²) in [6.07, 6.45) is 26.8. The molecule has 0 atom stereocenters. The van der Waals surface area contributed by atoms with Crippen LogP contribution in [0.4, 0.5) is 11.4 Å². The van der Waals surface area contributed by atoms with Crippen LogP contribution in [0.2, 0.25) is 0 Å². The number of esters is 1. The molecule has 0 heterocycles. The number of ether oxygens (including phenoxy) is 1. The van der Waals surface area contributed by atoms with Crippen LogP contribution in [0.15, 0.2) is 9.59 Å². The highest BCUT2D eigenvalue weighted by Gasteiger charge is 2.19. The summed E-state index contributed by atoms with van der Waals surface area (Å²) in [7, 11) is 1.66. The Bertz CT molecular complexity index is 949. The third kappa shape index (κ3) is 20.1. The van der Waals surface area contributed by atoms with Crippen LogP contribution in [0.25, 0.3) is 0 Å². The Balaban J connectivity index is 2.23. The molecule has 0 aliphatic rings. The van der Waals surface area contributed by atoms with Gasteiger partial charge in [0.1, 0.15) is 17.7 Å². The van der Waals surface area contributed by atoms with E-state index in [1.807, 2.05) is 0 Å². The highest BCUT2D eigenvalue weighted by molar-refractivity contribution is 5.73. The fourth-order valence-electron chi connectivity index (χ4n) is 6.31. The molecule has 0 saturated carbocycles. The van der Waals surface area contributed by atoms with Crippen molar-refractivity contribution in [3.8, 4) is 0 Å². The lowest BCUT2D eigenvalue weighted by Gasteiger charge is -2.23. The molecule has 2 N–H and O–H groups in total. The maximum atomic E-state index is 12.3. The van der Waals surface area contributed by atoms with Gasteiger partial charge in [-0.25, -0.2) is 0 Å². The van der Waals surface area contributed by atoms with E-state index in [9.17, 15) is 19.2 Å². The second kappa shape index (κ2) is 29.0. The van der Waals surface area contributed by atoms with E-state index in [4.69, 9.17) is 4.74 Å². The minimum atomic E-state index is -0.439. The van der Waals surface area contributed by atoms with E-state index in [0.29, 0.717) is 37.4 Å². The number of rotatable bonds is 34. The smallest absolute Gasteiger partial charge is 0.305 e. The monoisotopic (exact) mass is 648 g/mol. The molecule has 8 heteroatoms. The molecule has 1 rings (SSSR count). The first-order valence-electron chi connectivity index (χ1n) is 19.0. The molecule has 0 spiro atoms. The number of anilines is 2. The quantitative estimate of drug-likeness (QED) is 0.0333. The molecule has 0 radical (unpaired) electrons. The Kier molecular flexibility index (Phi) is 26.3. The van der Waals surface area contributed by atoms with Gasteiger partial charge in [-0.3, -0.25) is 14.4 Å². The van der Waals surface area contributed by atoms with E-state index in [1.165, 1.54) is 70.6 Å². The molecule has 266 valence electrons. The van der Waals surface area contributed by atoms with Gasteiger partial charge in [-0.15, -0.1) is 0 Å². The molecule has 46 heavy (non-hydrogen) atoms. The van der Waals surface area contributed by atoms with E-state index in [0.717, 1.165) is 96.0 Å². The van der Waals surface area contributed by atoms with Crippen LogP contribution in [-0.4, -0.2) is 57.0 Å². The molecule has 0 unspecified atom stereocenters. The van der Waals surface area contributed by atoms with Crippen molar-refractivity contribution in [2.45, 2.75) is 162 Å². The number of hydrogen-bond acceptors (Lipinski definition) is 8. The Morgan fingerprint density at radius 3 is 1.85 bits per heavy atom. The van der Waals surface area contributed by atoms with Crippen molar-refractivity contribution in [2.75, 3.05) is 50.5 Å². The van der Waals surface area contributed by atoms with Crippen LogP contribution in [0.3, 0.4) is 0 Å². The topological polar surface area (TPSA) is 105 Å². The first-order chi connectivity index (χ1) is 22.5. The molecule has 0 saturated heterocycles. The number of hydrogen-bond donors (Lipinski definition) is 2. The van der Waals surface area contributed by atoms with Crippen LogP contribution in [0, 0.1) is 5.92 Å². The van der Waals surface area contributed by atoms with Gasteiger partial charge in [-0.1, -0.05) is 104 Å². The lowest BCUT2D eigenvalue weighted by Crippen LogP contribution is -2.37. The number of aldehydes is 1. The third-order valence-electron chi connectivity index (χ3n) is 9.22. The van der Waals surface area contributed by atoms with Crippen molar-refractivity contribution in [2.24, 2.45) is 5.92 Å². The summed E-state index contributed by atoms with van der Waals surface area (Å²) < 4.78 is 5.56. The van der Waals surface area contributed by atoms with Crippen molar-refractivity contribution in [3.05, 3.63) is 20.4 Å². The Morgan fingerprint density at radius 2 is 1.24 bits per heavy atom. The SMILES string of the molecule is CCCCCC(CCCCC)CCCOC(=O)CCCCCCCN(CCCCCCCC=O)CCCNc1c(NC)c(=O)c1=O. The maximum Gasteiger partial charge on any atom is 0.305 e. The molecule has 0 aromatic heterocycles. The van der Waals surface area contributed by atoms with Crippen LogP contribution in [0.1, 0.15) is 162 Å². The standard InChI is InChI=1S/C38H69N3O5/c1-4-6-15-23-33(24-16-7-5-2)25-21-32-46-34(43)26-17-11-10-13-19-29-41(28-18-12-8-9-14-20-31-42)30-22-27-40-36-35(39-3)37(44)38(36)45/h31,33,39-40H,4-30,32H2,1-3H3. The minimum absolute atomic E-state index is 0.0370. The van der Waals surface area contributed by atoms with E-state index in [-0.39, 0.29) is 5.97 Å². The number of unbranched alkanes of at least 4 members (excludes halogenated alkanes) is 13. The van der Waals surface area contributed by atoms with Gasteiger partial charge >= 0.3 is 5.97 Å². The summed E-state index contributed by atoms with van der Waals surface area (Å²) >= 11 is 0. The zero-order valence-corrected chi connectivity index (χ0v) is 29.9. The highest BCUT2D eigenvalue weighted by atomic mass is 16.5. The molecule has 0 amide bonds. The van der Waals surface area contributed by atoms with Gasteiger partial charge in [-0.2, -0.15) is 0 Å². The van der Waals surface area contributed by atoms with Gasteiger partial charge in [0, 0.05) is 26.4 Å². The maximum absolute atomic E-state index is 12.3. The second-order valence-corrected chi connectivity index (χ2v) is 13.2. The molecule has 1 aromatic rings. The fraction of sp³-hybridized carbons (Fsp3) is 0.842. The van der Waals surface area contributed by atoms with Gasteiger partial charge < -0.3 is 25.1 Å². The zero-order valence-electron chi connectivity index (χ0n) is 29.9. The van der Waals surface area contributed by atoms with Crippen molar-refractivity contribution in [3.63, 3.8) is 0 Å². The first-order valence-corrected chi connectivity index (χ1v) is 19.0. The average molecular weight is 648 g/mol. The lowest BCUT2D eigenvalue weighted by atomic mass is 9.91. The van der Waals surface area contributed by atoms with Gasteiger partial charge in [-0.05, 0) is 70.5 Å². The molecule has 0 aliphatic carbocycles. The Morgan fingerprint density at radius 1 is 0.696 bits per heavy atom. The molecular formula is C38H69N3O5. The normalized spacial score (nSPS) is 11.5. The van der Waals surface area contributed by atoms with Gasteiger partial charge in [0.25, 0.3) is 10.9 Å².